The molecule has 4 saturated heterocycles. The van der Waals surface area contributed by atoms with Crippen molar-refractivity contribution in [3.63, 3.8) is 0 Å². The Morgan fingerprint density at radius 2 is 1.04 bits per heavy atom. The van der Waals surface area contributed by atoms with E-state index in [0.717, 1.165) is 59.2 Å². The quantitative estimate of drug-likeness (QED) is 0.637. The van der Waals surface area contributed by atoms with Crippen molar-refractivity contribution in [2.45, 2.75) is 61.7 Å². The summed E-state index contributed by atoms with van der Waals surface area (Å²) in [5.74, 6) is 8.14. The van der Waals surface area contributed by atoms with Crippen molar-refractivity contribution < 1.29 is 18.9 Å². The van der Waals surface area contributed by atoms with Gasteiger partial charge in [0.25, 0.3) is 0 Å². The normalized spacial score (nSPS) is 87.0. The van der Waals surface area contributed by atoms with Crippen molar-refractivity contribution in [1.82, 2.24) is 0 Å². The molecule has 6 saturated carbocycles. The largest absolute Gasteiger partial charge is 0.346 e. The molecule has 10 rings (SSSR count). The van der Waals surface area contributed by atoms with E-state index in [-0.39, 0.29) is 23.8 Å². The van der Waals surface area contributed by atoms with Crippen LogP contribution in [0.4, 0.5) is 0 Å². The molecule has 4 heteroatoms. The Morgan fingerprint density at radius 3 is 1.54 bits per heavy atom. The zero-order valence-corrected chi connectivity index (χ0v) is 13.5. The van der Waals surface area contributed by atoms with E-state index < -0.39 is 0 Å². The smallest absolute Gasteiger partial charge is 0.188 e. The lowest BCUT2D eigenvalue weighted by molar-refractivity contribution is -0.0794. The van der Waals surface area contributed by atoms with Gasteiger partial charge >= 0.3 is 0 Å². The molecule has 4 nitrogen and oxygen atoms in total. The highest BCUT2D eigenvalue weighted by Crippen LogP contribution is 2.89. The molecule has 4 heterocycles. The van der Waals surface area contributed by atoms with Gasteiger partial charge in [0.1, 0.15) is 11.2 Å². The minimum absolute atomic E-state index is 0.136. The van der Waals surface area contributed by atoms with Crippen molar-refractivity contribution in [3.8, 4) is 0 Å². The van der Waals surface area contributed by atoms with E-state index >= 15 is 0 Å². The molecular weight excluding hydrogens is 304 g/mol. The summed E-state index contributed by atoms with van der Waals surface area (Å²) in [6.45, 7) is 0. The van der Waals surface area contributed by atoms with Gasteiger partial charge in [0.05, 0.1) is 12.2 Å². The summed E-state index contributed by atoms with van der Waals surface area (Å²) < 4.78 is 26.2. The zero-order valence-electron chi connectivity index (χ0n) is 13.5. The van der Waals surface area contributed by atoms with Crippen LogP contribution in [0.3, 0.4) is 0 Å². The summed E-state index contributed by atoms with van der Waals surface area (Å²) in [6, 6.07) is 0. The van der Waals surface area contributed by atoms with Crippen LogP contribution in [0.2, 0.25) is 0 Å². The van der Waals surface area contributed by atoms with Crippen LogP contribution in [0, 0.1) is 59.2 Å². The second kappa shape index (κ2) is 2.85. The highest BCUT2D eigenvalue weighted by molar-refractivity contribution is 5.40. The van der Waals surface area contributed by atoms with Crippen LogP contribution in [-0.2, 0) is 18.9 Å². The number of epoxide rings is 2. The lowest BCUT2D eigenvalue weighted by atomic mass is 9.70. The van der Waals surface area contributed by atoms with Gasteiger partial charge in [-0.05, 0) is 61.2 Å². The number of hydrogen-bond acceptors (Lipinski definition) is 4. The molecule has 6 aliphatic carbocycles. The fourth-order valence-electron chi connectivity index (χ4n) is 11.4. The Hall–Kier alpha value is -0.160. The number of hydrogen-bond donors (Lipinski definition) is 0. The van der Waals surface area contributed by atoms with Gasteiger partial charge in [-0.15, -0.1) is 0 Å². The second-order valence-electron chi connectivity index (χ2n) is 10.9. The fraction of sp³-hybridized carbons (Fsp3) is 1.00. The van der Waals surface area contributed by atoms with Crippen molar-refractivity contribution in [2.75, 3.05) is 0 Å². The Labute approximate surface area is 140 Å². The third-order valence-corrected chi connectivity index (χ3v) is 11.2. The van der Waals surface area contributed by atoms with Crippen LogP contribution in [0.15, 0.2) is 0 Å². The molecule has 0 unspecified atom stereocenters. The van der Waals surface area contributed by atoms with Crippen molar-refractivity contribution in [3.05, 3.63) is 0 Å². The SMILES string of the molecule is C1C[C@H]2O[C@H]3O[C@@]34[C@H]3[C@@H]5[C@H]6[C@H]7[C@H]8[C@H](CC[C@@H]8O[C@@H]8O[C@@]87[C@@H]5[C@H]1[C@@H]32)[C@@H]64. The highest BCUT2D eigenvalue weighted by Gasteiger charge is 2.96. The summed E-state index contributed by atoms with van der Waals surface area (Å²) in [7, 11) is 0. The number of fused-ring (bicyclic) bond motifs is 2. The lowest BCUT2D eigenvalue weighted by Crippen LogP contribution is -2.47. The summed E-state index contributed by atoms with van der Waals surface area (Å²) >= 11 is 0. The Kier molecular flexibility index (Phi) is 1.37. The lowest BCUT2D eigenvalue weighted by Gasteiger charge is -2.38. The third kappa shape index (κ3) is 0.758. The molecule has 0 N–H and O–H groups in total. The number of ether oxygens (including phenoxy) is 4. The topological polar surface area (TPSA) is 43.5 Å². The van der Waals surface area contributed by atoms with Gasteiger partial charge in [-0.3, -0.25) is 0 Å². The average molecular weight is 326 g/mol. The predicted molar refractivity (Wildman–Crippen MR) is 78.3 cm³/mol. The molecule has 2 spiro atoms. The highest BCUT2D eigenvalue weighted by atomic mass is 16.8. The molecule has 0 aromatic rings. The van der Waals surface area contributed by atoms with E-state index in [4.69, 9.17) is 18.9 Å². The fourth-order valence-corrected chi connectivity index (χ4v) is 11.4. The molecule has 10 aliphatic rings. The maximum Gasteiger partial charge on any atom is 0.188 e. The van der Waals surface area contributed by atoms with E-state index in [2.05, 4.69) is 0 Å². The number of rotatable bonds is 0. The van der Waals surface area contributed by atoms with Crippen LogP contribution >= 0.6 is 0 Å². The Balaban J connectivity index is 1.32. The van der Waals surface area contributed by atoms with Gasteiger partial charge in [0.2, 0.25) is 0 Å². The standard InChI is InChI=1S/C20H22O4/c1-3-7-9-5(1)13-11-12-14(20(15(9)11)18(21-7)24-20)6-2-4-8-10(6)16(12)19(13)17(22-8)23-19/h5-18H,1-4H2/t5-,6+,7-,8+,9-,10+,11-,12-,13-,14+,15-,16-,17-,18+,19-,20+/m1/s1. The minimum Gasteiger partial charge on any atom is -0.346 e. The van der Waals surface area contributed by atoms with Crippen molar-refractivity contribution >= 4 is 0 Å². The molecule has 10 fully saturated rings. The maximum absolute atomic E-state index is 6.55. The maximum atomic E-state index is 6.55. The molecule has 0 amide bonds. The van der Waals surface area contributed by atoms with Crippen LogP contribution < -0.4 is 0 Å². The predicted octanol–water partition coefficient (Wildman–Crippen LogP) is 1.78. The van der Waals surface area contributed by atoms with Gasteiger partial charge in [-0.25, -0.2) is 0 Å². The Bertz CT molecular complexity index is 692. The molecule has 0 aromatic carbocycles. The molecular formula is C20H22O4. The minimum atomic E-state index is 0.136. The molecule has 0 bridgehead atoms. The summed E-state index contributed by atoms with van der Waals surface area (Å²) in [5.41, 5.74) is 0.271. The van der Waals surface area contributed by atoms with E-state index in [9.17, 15) is 0 Å². The molecule has 24 heavy (non-hydrogen) atoms. The summed E-state index contributed by atoms with van der Waals surface area (Å²) in [4.78, 5) is 0. The first-order chi connectivity index (χ1) is 11.9. The molecule has 0 aromatic heterocycles. The molecule has 4 aliphatic heterocycles. The van der Waals surface area contributed by atoms with Crippen LogP contribution in [0.5, 0.6) is 0 Å². The monoisotopic (exact) mass is 326 g/mol. The summed E-state index contributed by atoms with van der Waals surface area (Å²) in [6.07, 6.45) is 6.57. The van der Waals surface area contributed by atoms with Gasteiger partial charge in [-0.1, -0.05) is 0 Å². The molecule has 0 radical (unpaired) electrons. The zero-order chi connectivity index (χ0) is 14.7. The van der Waals surface area contributed by atoms with Crippen molar-refractivity contribution in [2.24, 2.45) is 59.2 Å². The summed E-state index contributed by atoms with van der Waals surface area (Å²) in [5, 5.41) is 0. The first-order valence-corrected chi connectivity index (χ1v) is 10.5. The third-order valence-electron chi connectivity index (χ3n) is 11.2. The average Bonchev–Trinajstić information content (AvgIpc) is 3.01. The van der Waals surface area contributed by atoms with Crippen LogP contribution in [0.25, 0.3) is 0 Å². The first-order valence-electron chi connectivity index (χ1n) is 10.5. The molecule has 16 atom stereocenters. The van der Waals surface area contributed by atoms with Gasteiger partial charge in [0, 0.05) is 23.7 Å². The van der Waals surface area contributed by atoms with Gasteiger partial charge in [0.15, 0.2) is 12.6 Å². The van der Waals surface area contributed by atoms with Gasteiger partial charge < -0.3 is 18.9 Å². The second-order valence-corrected chi connectivity index (χ2v) is 10.9. The van der Waals surface area contributed by atoms with Gasteiger partial charge in [-0.2, -0.15) is 0 Å². The first kappa shape index (κ1) is 11.5. The van der Waals surface area contributed by atoms with Crippen LogP contribution in [-0.4, -0.2) is 36.0 Å². The van der Waals surface area contributed by atoms with E-state index in [1.165, 1.54) is 25.7 Å². The molecule has 126 valence electrons. The van der Waals surface area contributed by atoms with E-state index in [0.29, 0.717) is 12.2 Å². The van der Waals surface area contributed by atoms with E-state index in [1.807, 2.05) is 0 Å². The Morgan fingerprint density at radius 1 is 0.542 bits per heavy atom. The van der Waals surface area contributed by atoms with Crippen molar-refractivity contribution in [1.29, 1.82) is 0 Å². The van der Waals surface area contributed by atoms with E-state index in [1.54, 1.807) is 0 Å². The van der Waals surface area contributed by atoms with Crippen LogP contribution in [0.1, 0.15) is 25.7 Å².